The first-order chi connectivity index (χ1) is 7.48. The number of aliphatic hydroxyl groups is 1. The van der Waals surface area contributed by atoms with Crippen molar-refractivity contribution in [1.29, 1.82) is 0 Å². The highest BCUT2D eigenvalue weighted by atomic mass is 16.8. The molecule has 0 radical (unpaired) electrons. The van der Waals surface area contributed by atoms with E-state index in [1.54, 1.807) is 7.11 Å². The molecule has 5 heteroatoms. The van der Waals surface area contributed by atoms with Crippen LogP contribution in [0.1, 0.15) is 26.7 Å². The molecule has 3 rings (SSSR count). The highest BCUT2D eigenvalue weighted by molar-refractivity contribution is 5.13. The summed E-state index contributed by atoms with van der Waals surface area (Å²) in [6.45, 7) is 3.74. The highest BCUT2D eigenvalue weighted by Gasteiger charge is 2.68. The summed E-state index contributed by atoms with van der Waals surface area (Å²) in [6.07, 6.45) is 0.170. The third-order valence-electron chi connectivity index (χ3n) is 3.82. The number of ether oxygens (including phenoxy) is 4. The molecule has 2 saturated heterocycles. The fourth-order valence-electron chi connectivity index (χ4n) is 2.93. The molecule has 5 atom stereocenters. The van der Waals surface area contributed by atoms with Gasteiger partial charge in [0.15, 0.2) is 12.1 Å². The van der Waals surface area contributed by atoms with Gasteiger partial charge in [-0.25, -0.2) is 0 Å². The topological polar surface area (TPSA) is 57.2 Å². The van der Waals surface area contributed by atoms with Crippen molar-refractivity contribution >= 4 is 0 Å². The second-order valence-electron chi connectivity index (χ2n) is 5.25. The van der Waals surface area contributed by atoms with Crippen LogP contribution in [-0.4, -0.2) is 48.2 Å². The second kappa shape index (κ2) is 3.17. The Balaban J connectivity index is 1.89. The summed E-state index contributed by atoms with van der Waals surface area (Å²) in [5, 5.41) is 9.91. The number of hydrogen-bond donors (Lipinski definition) is 1. The molecule has 16 heavy (non-hydrogen) atoms. The molecule has 3 fully saturated rings. The van der Waals surface area contributed by atoms with Crippen molar-refractivity contribution in [2.75, 3.05) is 7.11 Å². The van der Waals surface area contributed by atoms with Gasteiger partial charge in [-0.1, -0.05) is 0 Å². The Morgan fingerprint density at radius 2 is 2.00 bits per heavy atom. The molecule has 0 bridgehead atoms. The molecule has 2 heterocycles. The molecular weight excluding hydrogens is 212 g/mol. The molecule has 1 saturated carbocycles. The molecule has 0 aromatic heterocycles. The van der Waals surface area contributed by atoms with Crippen molar-refractivity contribution in [3.8, 4) is 0 Å². The Labute approximate surface area is 94.6 Å². The summed E-state index contributed by atoms with van der Waals surface area (Å²) in [7, 11) is 1.58. The second-order valence-corrected chi connectivity index (χ2v) is 5.25. The van der Waals surface area contributed by atoms with Crippen LogP contribution >= 0.6 is 0 Å². The van der Waals surface area contributed by atoms with E-state index in [9.17, 15) is 5.11 Å². The number of rotatable bonds is 1. The summed E-state index contributed by atoms with van der Waals surface area (Å²) in [4.78, 5) is 0. The van der Waals surface area contributed by atoms with Crippen molar-refractivity contribution in [2.45, 2.75) is 62.7 Å². The Bertz CT molecular complexity index is 305. The van der Waals surface area contributed by atoms with Gasteiger partial charge in [-0.05, 0) is 26.7 Å². The van der Waals surface area contributed by atoms with Crippen molar-refractivity contribution in [3.05, 3.63) is 0 Å². The van der Waals surface area contributed by atoms with Crippen molar-refractivity contribution in [1.82, 2.24) is 0 Å². The first-order valence-electron chi connectivity index (χ1n) is 5.73. The Morgan fingerprint density at radius 3 is 2.50 bits per heavy atom. The lowest BCUT2D eigenvalue weighted by atomic mass is 9.73. The Kier molecular flexibility index (Phi) is 2.17. The maximum absolute atomic E-state index is 9.91. The molecule has 0 aromatic carbocycles. The highest BCUT2D eigenvalue weighted by Crippen LogP contribution is 2.52. The quantitative estimate of drug-likeness (QED) is 0.706. The molecule has 1 aliphatic carbocycles. The van der Waals surface area contributed by atoms with E-state index in [1.807, 2.05) is 13.8 Å². The van der Waals surface area contributed by atoms with Gasteiger partial charge in [-0.15, -0.1) is 0 Å². The van der Waals surface area contributed by atoms with Gasteiger partial charge in [-0.2, -0.15) is 0 Å². The Hall–Kier alpha value is -0.200. The van der Waals surface area contributed by atoms with Gasteiger partial charge in [0.25, 0.3) is 0 Å². The number of aliphatic hydroxyl groups excluding tert-OH is 1. The maximum Gasteiger partial charge on any atom is 0.187 e. The van der Waals surface area contributed by atoms with E-state index in [1.165, 1.54) is 0 Å². The van der Waals surface area contributed by atoms with Gasteiger partial charge < -0.3 is 24.1 Å². The summed E-state index contributed by atoms with van der Waals surface area (Å²) >= 11 is 0. The minimum Gasteiger partial charge on any atom is -0.390 e. The van der Waals surface area contributed by atoms with E-state index < -0.39 is 23.8 Å². The molecule has 3 aliphatic rings. The van der Waals surface area contributed by atoms with E-state index in [0.29, 0.717) is 0 Å². The molecule has 2 aliphatic heterocycles. The normalized spacial score (nSPS) is 54.0. The summed E-state index contributed by atoms with van der Waals surface area (Å²) < 4.78 is 22.7. The van der Waals surface area contributed by atoms with E-state index in [2.05, 4.69) is 0 Å². The van der Waals surface area contributed by atoms with Crippen molar-refractivity contribution < 1.29 is 24.1 Å². The third-order valence-corrected chi connectivity index (χ3v) is 3.82. The van der Waals surface area contributed by atoms with Crippen molar-refractivity contribution in [3.63, 3.8) is 0 Å². The van der Waals surface area contributed by atoms with Crippen molar-refractivity contribution in [2.24, 2.45) is 0 Å². The van der Waals surface area contributed by atoms with Crippen LogP contribution in [0.15, 0.2) is 0 Å². The van der Waals surface area contributed by atoms with Gasteiger partial charge in [0.05, 0.1) is 6.10 Å². The summed E-state index contributed by atoms with van der Waals surface area (Å²) in [5.74, 6) is -0.627. The lowest BCUT2D eigenvalue weighted by molar-refractivity contribution is -0.289. The molecule has 1 N–H and O–H groups in total. The van der Waals surface area contributed by atoms with Gasteiger partial charge in [0, 0.05) is 7.11 Å². The fourth-order valence-corrected chi connectivity index (χ4v) is 2.93. The lowest BCUT2D eigenvalue weighted by Gasteiger charge is -2.45. The van der Waals surface area contributed by atoms with Gasteiger partial charge >= 0.3 is 0 Å². The molecule has 2 unspecified atom stereocenters. The van der Waals surface area contributed by atoms with Crippen LogP contribution in [0.25, 0.3) is 0 Å². The largest absolute Gasteiger partial charge is 0.390 e. The summed E-state index contributed by atoms with van der Waals surface area (Å²) in [6, 6.07) is 0. The molecule has 0 aromatic rings. The lowest BCUT2D eigenvalue weighted by Crippen LogP contribution is -2.59. The zero-order chi connectivity index (χ0) is 11.6. The van der Waals surface area contributed by atoms with Crippen LogP contribution in [0.2, 0.25) is 0 Å². The third kappa shape index (κ3) is 1.23. The van der Waals surface area contributed by atoms with Gasteiger partial charge in [0.2, 0.25) is 0 Å². The van der Waals surface area contributed by atoms with E-state index in [-0.39, 0.29) is 12.2 Å². The van der Waals surface area contributed by atoms with Crippen LogP contribution in [0.5, 0.6) is 0 Å². The predicted octanol–water partition coefficient (Wildman–Crippen LogP) is 0.403. The van der Waals surface area contributed by atoms with Gasteiger partial charge in [0.1, 0.15) is 17.8 Å². The van der Waals surface area contributed by atoms with Crippen LogP contribution in [0, 0.1) is 0 Å². The first kappa shape index (κ1) is 10.9. The molecule has 0 amide bonds. The fraction of sp³-hybridized carbons (Fsp3) is 1.00. The SMILES string of the molecule is COC1O[C@]2(CC[C@H]2O)C2OC(C)(C)O[C@H]12. The number of fused-ring (bicyclic) bond motifs is 2. The van der Waals surface area contributed by atoms with Crippen LogP contribution in [0.4, 0.5) is 0 Å². The molecular formula is C11H18O5. The molecule has 92 valence electrons. The first-order valence-corrected chi connectivity index (χ1v) is 5.73. The predicted molar refractivity (Wildman–Crippen MR) is 53.7 cm³/mol. The number of hydrogen-bond acceptors (Lipinski definition) is 5. The summed E-state index contributed by atoms with van der Waals surface area (Å²) in [5.41, 5.74) is -0.612. The average molecular weight is 230 g/mol. The smallest absolute Gasteiger partial charge is 0.187 e. The maximum atomic E-state index is 9.91. The zero-order valence-corrected chi connectivity index (χ0v) is 9.80. The average Bonchev–Trinajstić information content (AvgIpc) is 2.68. The standard InChI is InChI=1S/C11H18O5/c1-10(2)14-7-8(15-10)11(5-4-6(11)12)16-9(7)13-3/h6-9,12H,4-5H2,1-3H3/t6-,7+,8?,9?,11+/m1/s1. The monoisotopic (exact) mass is 230 g/mol. The van der Waals surface area contributed by atoms with Crippen LogP contribution < -0.4 is 0 Å². The molecule has 1 spiro atoms. The Morgan fingerprint density at radius 1 is 1.25 bits per heavy atom. The number of methoxy groups -OCH3 is 1. The van der Waals surface area contributed by atoms with Crippen LogP contribution in [-0.2, 0) is 18.9 Å². The van der Waals surface area contributed by atoms with E-state index in [0.717, 1.165) is 12.8 Å². The van der Waals surface area contributed by atoms with Crippen LogP contribution in [0.3, 0.4) is 0 Å². The zero-order valence-electron chi connectivity index (χ0n) is 9.80. The molecule has 5 nitrogen and oxygen atoms in total. The van der Waals surface area contributed by atoms with E-state index in [4.69, 9.17) is 18.9 Å². The van der Waals surface area contributed by atoms with E-state index >= 15 is 0 Å². The van der Waals surface area contributed by atoms with Gasteiger partial charge in [-0.3, -0.25) is 0 Å². The minimum absolute atomic E-state index is 0.226. The minimum atomic E-state index is -0.627.